The lowest BCUT2D eigenvalue weighted by molar-refractivity contribution is -0.0878. The standard InChI is InChI=1S/C22H26N2O2/c25-21(18-9-3-1-4-10-18)24-16-13-22(26,19-11-5-2-6-12-19)20(17-24)23-14-7-8-15-23/h1-6,9-12,20,26H,7-8,13-17H2/t20-,22+/m1/s1. The number of nitrogens with zero attached hydrogens (tertiary/aromatic N) is 2. The van der Waals surface area contributed by atoms with Gasteiger partial charge in [0.2, 0.25) is 0 Å². The molecule has 4 nitrogen and oxygen atoms in total. The van der Waals surface area contributed by atoms with Gasteiger partial charge >= 0.3 is 0 Å². The fourth-order valence-electron chi connectivity index (χ4n) is 4.41. The highest BCUT2D eigenvalue weighted by Crippen LogP contribution is 2.37. The number of carbonyl (C=O) groups excluding carboxylic acids is 1. The largest absolute Gasteiger partial charge is 0.383 e. The maximum Gasteiger partial charge on any atom is 0.253 e. The Hall–Kier alpha value is -2.17. The maximum absolute atomic E-state index is 12.9. The monoisotopic (exact) mass is 350 g/mol. The van der Waals surface area contributed by atoms with Gasteiger partial charge in [-0.05, 0) is 50.0 Å². The van der Waals surface area contributed by atoms with Gasteiger partial charge in [-0.15, -0.1) is 0 Å². The van der Waals surface area contributed by atoms with Gasteiger partial charge < -0.3 is 10.0 Å². The number of aliphatic hydroxyl groups is 1. The number of hydrogen-bond acceptors (Lipinski definition) is 3. The summed E-state index contributed by atoms with van der Waals surface area (Å²) in [7, 11) is 0. The zero-order valence-electron chi connectivity index (χ0n) is 15.1. The lowest BCUT2D eigenvalue weighted by Gasteiger charge is -2.48. The minimum Gasteiger partial charge on any atom is -0.383 e. The Labute approximate surface area is 155 Å². The van der Waals surface area contributed by atoms with Gasteiger partial charge in [0, 0.05) is 18.7 Å². The second-order valence-corrected chi connectivity index (χ2v) is 7.42. The Morgan fingerprint density at radius 2 is 1.54 bits per heavy atom. The van der Waals surface area contributed by atoms with Gasteiger partial charge in [-0.1, -0.05) is 48.5 Å². The normalized spacial score (nSPS) is 26.8. The Balaban J connectivity index is 1.62. The van der Waals surface area contributed by atoms with Crippen molar-refractivity contribution in [2.45, 2.75) is 30.9 Å². The summed E-state index contributed by atoms with van der Waals surface area (Å²) in [5.74, 6) is 0.0601. The smallest absolute Gasteiger partial charge is 0.253 e. The van der Waals surface area contributed by atoms with E-state index >= 15 is 0 Å². The van der Waals surface area contributed by atoms with E-state index in [0.717, 1.165) is 37.1 Å². The van der Waals surface area contributed by atoms with E-state index in [1.54, 1.807) is 0 Å². The van der Waals surface area contributed by atoms with Crippen LogP contribution < -0.4 is 0 Å². The van der Waals surface area contributed by atoms with E-state index in [-0.39, 0.29) is 11.9 Å². The molecule has 4 heteroatoms. The SMILES string of the molecule is O=C(c1ccccc1)N1CC[C@](O)(c2ccccc2)[C@H](N2CCCC2)C1. The van der Waals surface area contributed by atoms with Crippen LogP contribution in [-0.2, 0) is 5.60 Å². The highest BCUT2D eigenvalue weighted by atomic mass is 16.3. The van der Waals surface area contributed by atoms with Gasteiger partial charge in [-0.3, -0.25) is 9.69 Å². The summed E-state index contributed by atoms with van der Waals surface area (Å²) in [6.45, 7) is 3.13. The van der Waals surface area contributed by atoms with E-state index in [4.69, 9.17) is 0 Å². The van der Waals surface area contributed by atoms with Crippen LogP contribution in [0.3, 0.4) is 0 Å². The van der Waals surface area contributed by atoms with Gasteiger partial charge in [0.05, 0.1) is 6.04 Å². The molecule has 2 atom stereocenters. The van der Waals surface area contributed by atoms with E-state index in [1.165, 1.54) is 0 Å². The van der Waals surface area contributed by atoms with E-state index in [9.17, 15) is 9.90 Å². The molecule has 1 N–H and O–H groups in total. The van der Waals surface area contributed by atoms with Crippen molar-refractivity contribution in [2.75, 3.05) is 26.2 Å². The molecular formula is C22H26N2O2. The first kappa shape index (κ1) is 17.3. The van der Waals surface area contributed by atoms with Gasteiger partial charge in [-0.25, -0.2) is 0 Å². The molecule has 2 aliphatic heterocycles. The average Bonchev–Trinajstić information content (AvgIpc) is 3.24. The number of rotatable bonds is 3. The van der Waals surface area contributed by atoms with Crippen molar-refractivity contribution in [3.05, 3.63) is 71.8 Å². The topological polar surface area (TPSA) is 43.8 Å². The third kappa shape index (κ3) is 3.15. The fraction of sp³-hybridized carbons (Fsp3) is 0.409. The highest BCUT2D eigenvalue weighted by molar-refractivity contribution is 5.94. The summed E-state index contributed by atoms with van der Waals surface area (Å²) >= 11 is 0. The minimum absolute atomic E-state index is 0.0601. The molecule has 0 saturated carbocycles. The predicted molar refractivity (Wildman–Crippen MR) is 102 cm³/mol. The zero-order chi connectivity index (χ0) is 18.0. The summed E-state index contributed by atoms with van der Waals surface area (Å²) in [4.78, 5) is 17.2. The summed E-state index contributed by atoms with van der Waals surface area (Å²) in [5, 5.41) is 11.7. The van der Waals surface area contributed by atoms with E-state index in [0.29, 0.717) is 19.5 Å². The highest BCUT2D eigenvalue weighted by Gasteiger charge is 2.47. The van der Waals surface area contributed by atoms with Crippen LogP contribution in [0.5, 0.6) is 0 Å². The number of piperidine rings is 1. The molecule has 0 unspecified atom stereocenters. The molecule has 2 aromatic carbocycles. The Kier molecular flexibility index (Phi) is 4.79. The van der Waals surface area contributed by atoms with Crippen LogP contribution >= 0.6 is 0 Å². The quantitative estimate of drug-likeness (QED) is 0.926. The number of likely N-dealkylation sites (tertiary alicyclic amines) is 2. The molecule has 1 amide bonds. The molecule has 26 heavy (non-hydrogen) atoms. The van der Waals surface area contributed by atoms with Crippen LogP contribution in [0, 0.1) is 0 Å². The molecule has 2 aliphatic rings. The molecule has 0 radical (unpaired) electrons. The summed E-state index contributed by atoms with van der Waals surface area (Å²) in [5.41, 5.74) is 0.778. The molecule has 0 spiro atoms. The molecule has 2 aromatic rings. The summed E-state index contributed by atoms with van der Waals surface area (Å²) < 4.78 is 0. The number of carbonyl (C=O) groups is 1. The first-order valence-corrected chi connectivity index (χ1v) is 9.55. The van der Waals surface area contributed by atoms with Crippen LogP contribution in [0.2, 0.25) is 0 Å². The maximum atomic E-state index is 12.9. The predicted octanol–water partition coefficient (Wildman–Crippen LogP) is 2.88. The molecule has 0 aromatic heterocycles. The van der Waals surface area contributed by atoms with Crippen molar-refractivity contribution in [3.63, 3.8) is 0 Å². The minimum atomic E-state index is -0.904. The van der Waals surface area contributed by atoms with Crippen molar-refractivity contribution in [1.29, 1.82) is 0 Å². The number of hydrogen-bond donors (Lipinski definition) is 1. The van der Waals surface area contributed by atoms with Crippen molar-refractivity contribution < 1.29 is 9.90 Å². The first-order chi connectivity index (χ1) is 12.7. The fourth-order valence-corrected chi connectivity index (χ4v) is 4.41. The molecule has 0 bridgehead atoms. The average molecular weight is 350 g/mol. The molecule has 2 heterocycles. The second-order valence-electron chi connectivity index (χ2n) is 7.42. The number of amides is 1. The molecule has 136 valence electrons. The number of benzene rings is 2. The van der Waals surface area contributed by atoms with Gasteiger partial charge in [0.1, 0.15) is 5.60 Å². The third-order valence-electron chi connectivity index (χ3n) is 5.87. The van der Waals surface area contributed by atoms with Gasteiger partial charge in [-0.2, -0.15) is 0 Å². The van der Waals surface area contributed by atoms with Crippen molar-refractivity contribution in [3.8, 4) is 0 Å². The summed E-state index contributed by atoms with van der Waals surface area (Å²) in [6, 6.07) is 19.4. The Bertz CT molecular complexity index is 743. The first-order valence-electron chi connectivity index (χ1n) is 9.55. The van der Waals surface area contributed by atoms with Crippen LogP contribution in [0.4, 0.5) is 0 Å². The van der Waals surface area contributed by atoms with Crippen LogP contribution in [-0.4, -0.2) is 53.0 Å². The lowest BCUT2D eigenvalue weighted by atomic mass is 9.79. The molecular weight excluding hydrogens is 324 g/mol. The molecule has 2 fully saturated rings. The summed E-state index contributed by atoms with van der Waals surface area (Å²) in [6.07, 6.45) is 2.89. The Morgan fingerprint density at radius 3 is 2.19 bits per heavy atom. The van der Waals surface area contributed by atoms with Crippen molar-refractivity contribution >= 4 is 5.91 Å². The third-order valence-corrected chi connectivity index (χ3v) is 5.87. The van der Waals surface area contributed by atoms with Crippen LogP contribution in [0.1, 0.15) is 35.2 Å². The van der Waals surface area contributed by atoms with Gasteiger partial charge in [0.15, 0.2) is 0 Å². The van der Waals surface area contributed by atoms with Crippen molar-refractivity contribution in [2.24, 2.45) is 0 Å². The van der Waals surface area contributed by atoms with Gasteiger partial charge in [0.25, 0.3) is 5.91 Å². The van der Waals surface area contributed by atoms with E-state index in [1.807, 2.05) is 65.6 Å². The zero-order valence-corrected chi connectivity index (χ0v) is 15.1. The Morgan fingerprint density at radius 1 is 0.923 bits per heavy atom. The van der Waals surface area contributed by atoms with Crippen LogP contribution in [0.25, 0.3) is 0 Å². The molecule has 0 aliphatic carbocycles. The second kappa shape index (κ2) is 7.22. The lowest BCUT2D eigenvalue weighted by Crippen LogP contribution is -2.61. The van der Waals surface area contributed by atoms with E-state index < -0.39 is 5.60 Å². The molecule has 2 saturated heterocycles. The van der Waals surface area contributed by atoms with Crippen molar-refractivity contribution in [1.82, 2.24) is 9.80 Å². The van der Waals surface area contributed by atoms with Crippen LogP contribution in [0.15, 0.2) is 60.7 Å². The van der Waals surface area contributed by atoms with E-state index in [2.05, 4.69) is 4.90 Å². The molecule has 4 rings (SSSR count).